The van der Waals surface area contributed by atoms with Crippen LogP contribution in [0.25, 0.3) is 84.5 Å². The Morgan fingerprint density at radius 3 is 1.56 bits per heavy atom. The Morgan fingerprint density at radius 2 is 0.836 bits per heavy atom. The van der Waals surface area contributed by atoms with E-state index in [1.165, 1.54) is 84.5 Å². The van der Waals surface area contributed by atoms with Crippen LogP contribution < -0.4 is 4.90 Å². The maximum Gasteiger partial charge on any atom is 0.0467 e. The lowest BCUT2D eigenvalue weighted by atomic mass is 10.0. The average molecular weight is 736 g/mol. The molecule has 0 radical (unpaired) electrons. The predicted molar refractivity (Wildman–Crippen MR) is 241 cm³/mol. The Hall–Kier alpha value is -6.52. The molecule has 2 heterocycles. The Morgan fingerprint density at radius 1 is 0.291 bits per heavy atom. The van der Waals surface area contributed by atoms with Gasteiger partial charge in [0.05, 0.1) is 0 Å². The van der Waals surface area contributed by atoms with Gasteiger partial charge in [-0.2, -0.15) is 0 Å². The highest BCUT2D eigenvalue weighted by atomic mass is 32.1. The van der Waals surface area contributed by atoms with Crippen molar-refractivity contribution in [2.24, 2.45) is 0 Å². The van der Waals surface area contributed by atoms with Gasteiger partial charge in [0.15, 0.2) is 0 Å². The zero-order chi connectivity index (χ0) is 36.3. The molecule has 258 valence electrons. The number of nitrogens with zero attached hydrogens (tertiary/aromatic N) is 1. The molecule has 0 saturated carbocycles. The second-order valence-electron chi connectivity index (χ2n) is 14.1. The van der Waals surface area contributed by atoms with Crippen molar-refractivity contribution in [3.8, 4) is 33.4 Å². The number of anilines is 3. The molecule has 0 unspecified atom stereocenters. The highest BCUT2D eigenvalue weighted by Crippen LogP contribution is 2.45. The van der Waals surface area contributed by atoms with Gasteiger partial charge in [-0.15, -0.1) is 22.7 Å². The lowest BCUT2D eigenvalue weighted by molar-refractivity contribution is 1.28. The normalized spacial score (nSPS) is 11.6. The summed E-state index contributed by atoms with van der Waals surface area (Å²) in [6, 6.07) is 73.2. The van der Waals surface area contributed by atoms with Crippen molar-refractivity contribution >= 4 is 90.9 Å². The van der Waals surface area contributed by atoms with Crippen molar-refractivity contribution in [3.05, 3.63) is 200 Å². The van der Waals surface area contributed by atoms with Crippen molar-refractivity contribution in [1.82, 2.24) is 0 Å². The van der Waals surface area contributed by atoms with Gasteiger partial charge in [0.1, 0.15) is 0 Å². The van der Waals surface area contributed by atoms with E-state index < -0.39 is 0 Å². The second kappa shape index (κ2) is 13.1. The van der Waals surface area contributed by atoms with Crippen LogP contribution in [0.4, 0.5) is 17.1 Å². The molecule has 3 heteroatoms. The molecule has 0 aliphatic rings. The molecule has 0 amide bonds. The zero-order valence-electron chi connectivity index (χ0n) is 29.8. The Bertz CT molecular complexity index is 3190. The van der Waals surface area contributed by atoms with Gasteiger partial charge in [0, 0.05) is 57.4 Å². The molecule has 0 N–H and O–H groups in total. The summed E-state index contributed by atoms with van der Waals surface area (Å²) in [4.78, 5) is 2.38. The third-order valence-corrected chi connectivity index (χ3v) is 13.4. The Labute approximate surface area is 327 Å². The van der Waals surface area contributed by atoms with Gasteiger partial charge in [-0.05, 0) is 86.6 Å². The molecule has 0 aliphatic carbocycles. The van der Waals surface area contributed by atoms with Crippen LogP contribution in [0.2, 0.25) is 0 Å². The maximum absolute atomic E-state index is 2.38. The minimum atomic E-state index is 1.11. The van der Waals surface area contributed by atoms with Gasteiger partial charge in [-0.1, -0.05) is 158 Å². The van der Waals surface area contributed by atoms with Gasteiger partial charge in [0.2, 0.25) is 0 Å². The van der Waals surface area contributed by atoms with E-state index in [1.54, 1.807) is 0 Å². The first-order chi connectivity index (χ1) is 27.3. The largest absolute Gasteiger partial charge is 0.310 e. The molecule has 9 aromatic carbocycles. The molecule has 0 aliphatic heterocycles. The Kier molecular flexibility index (Phi) is 7.61. The first kappa shape index (κ1) is 32.0. The lowest BCUT2D eigenvalue weighted by Crippen LogP contribution is -2.10. The van der Waals surface area contributed by atoms with Crippen molar-refractivity contribution in [3.63, 3.8) is 0 Å². The van der Waals surface area contributed by atoms with Crippen LogP contribution in [-0.4, -0.2) is 0 Å². The monoisotopic (exact) mass is 735 g/mol. The summed E-state index contributed by atoms with van der Waals surface area (Å²) < 4.78 is 5.35. The van der Waals surface area contributed by atoms with E-state index in [1.807, 2.05) is 22.7 Å². The predicted octanol–water partition coefficient (Wildman–Crippen LogP) is 16.0. The number of hydrogen-bond acceptors (Lipinski definition) is 3. The van der Waals surface area contributed by atoms with Crippen LogP contribution in [0.3, 0.4) is 0 Å². The molecule has 0 bridgehead atoms. The fourth-order valence-electron chi connectivity index (χ4n) is 8.21. The third-order valence-electron chi connectivity index (χ3n) is 10.9. The topological polar surface area (TPSA) is 3.24 Å². The molecule has 0 spiro atoms. The summed E-state index contributed by atoms with van der Waals surface area (Å²) in [7, 11) is 0. The van der Waals surface area contributed by atoms with E-state index in [4.69, 9.17) is 0 Å². The summed E-state index contributed by atoms with van der Waals surface area (Å²) in [5.74, 6) is 0. The van der Waals surface area contributed by atoms with Gasteiger partial charge >= 0.3 is 0 Å². The van der Waals surface area contributed by atoms with E-state index in [-0.39, 0.29) is 0 Å². The molecule has 0 fully saturated rings. The molecular weight excluding hydrogens is 703 g/mol. The molecule has 55 heavy (non-hydrogen) atoms. The second-order valence-corrected chi connectivity index (χ2v) is 16.1. The van der Waals surface area contributed by atoms with Gasteiger partial charge in [-0.3, -0.25) is 0 Å². The highest BCUT2D eigenvalue weighted by Gasteiger charge is 2.17. The molecular formula is C52H33NS2. The van der Waals surface area contributed by atoms with Crippen molar-refractivity contribution in [1.29, 1.82) is 0 Å². The molecule has 11 rings (SSSR count). The molecule has 1 nitrogen and oxygen atoms in total. The fourth-order valence-corrected chi connectivity index (χ4v) is 10.8. The minimum Gasteiger partial charge on any atom is -0.310 e. The van der Waals surface area contributed by atoms with E-state index in [0.29, 0.717) is 0 Å². The van der Waals surface area contributed by atoms with Gasteiger partial charge in [0.25, 0.3) is 0 Å². The molecule has 11 aromatic rings. The molecule has 0 saturated heterocycles. The van der Waals surface area contributed by atoms with Crippen molar-refractivity contribution in [2.45, 2.75) is 0 Å². The zero-order valence-corrected chi connectivity index (χ0v) is 31.4. The number of fused-ring (bicyclic) bond motifs is 8. The highest BCUT2D eigenvalue weighted by molar-refractivity contribution is 7.27. The third kappa shape index (κ3) is 5.43. The first-order valence-electron chi connectivity index (χ1n) is 18.7. The number of thiophene rings is 2. The van der Waals surface area contributed by atoms with Crippen LogP contribution in [-0.2, 0) is 0 Å². The van der Waals surface area contributed by atoms with Crippen LogP contribution in [0.15, 0.2) is 200 Å². The minimum absolute atomic E-state index is 1.11. The quantitative estimate of drug-likeness (QED) is 0.164. The van der Waals surface area contributed by atoms with Gasteiger partial charge in [-0.25, -0.2) is 0 Å². The summed E-state index contributed by atoms with van der Waals surface area (Å²) in [6.07, 6.45) is 0. The SMILES string of the molecule is c1ccc(-c2cccc(N(c3ccc(-c4cccc5c4sc4ccccc45)cc3)c3ccc(-c4cccc5c4sc4c6ccccc6ccc54)cc3)c2)cc1. The number of benzene rings is 9. The van der Waals surface area contributed by atoms with Crippen LogP contribution in [0.1, 0.15) is 0 Å². The van der Waals surface area contributed by atoms with Crippen LogP contribution in [0, 0.1) is 0 Å². The summed E-state index contributed by atoms with van der Waals surface area (Å²) in [5.41, 5.74) is 10.7. The van der Waals surface area contributed by atoms with E-state index >= 15 is 0 Å². The van der Waals surface area contributed by atoms with Crippen LogP contribution in [0.5, 0.6) is 0 Å². The maximum atomic E-state index is 2.38. The smallest absolute Gasteiger partial charge is 0.0467 e. The van der Waals surface area contributed by atoms with Crippen molar-refractivity contribution < 1.29 is 0 Å². The number of hydrogen-bond donors (Lipinski definition) is 0. The lowest BCUT2D eigenvalue weighted by Gasteiger charge is -2.26. The number of rotatable bonds is 6. The summed E-state index contributed by atoms with van der Waals surface area (Å²) in [6.45, 7) is 0. The Balaban J connectivity index is 1.02. The van der Waals surface area contributed by atoms with Crippen LogP contribution >= 0.6 is 22.7 Å². The average Bonchev–Trinajstić information content (AvgIpc) is 3.84. The van der Waals surface area contributed by atoms with E-state index in [0.717, 1.165) is 17.1 Å². The van der Waals surface area contributed by atoms with E-state index in [9.17, 15) is 0 Å². The first-order valence-corrected chi connectivity index (χ1v) is 20.3. The summed E-state index contributed by atoms with van der Waals surface area (Å²) in [5, 5.41) is 7.90. The molecule has 2 aromatic heterocycles. The van der Waals surface area contributed by atoms with E-state index in [2.05, 4.69) is 205 Å². The fraction of sp³-hybridized carbons (Fsp3) is 0. The van der Waals surface area contributed by atoms with Gasteiger partial charge < -0.3 is 4.90 Å². The molecule has 0 atom stereocenters. The van der Waals surface area contributed by atoms with Crippen molar-refractivity contribution in [2.75, 3.05) is 4.90 Å². The standard InChI is InChI=1S/C52H33NS2/c1-2-11-34(12-3-1)38-14-8-15-41(33-38)53(39-28-23-36(24-29-39)43-18-9-20-46-45-17-6-7-22-49(45)54-50(43)46)40-30-25-37(26-31-40)44-19-10-21-47-48-32-27-35-13-4-5-16-42(35)52(48)55-51(44)47/h1-33H. The summed E-state index contributed by atoms with van der Waals surface area (Å²) >= 11 is 3.79.